The summed E-state index contributed by atoms with van der Waals surface area (Å²) < 4.78 is 3.85. The van der Waals surface area contributed by atoms with Crippen molar-refractivity contribution in [2.45, 2.75) is 46.7 Å². The van der Waals surface area contributed by atoms with Gasteiger partial charge in [0.25, 0.3) is 0 Å². The molecule has 0 bridgehead atoms. The normalized spacial score (nSPS) is 11.8. The van der Waals surface area contributed by atoms with Crippen LogP contribution in [0.4, 0.5) is 0 Å². The van der Waals surface area contributed by atoms with E-state index in [1.54, 1.807) is 6.20 Å². The highest BCUT2D eigenvalue weighted by Gasteiger charge is 2.13. The zero-order valence-corrected chi connectivity index (χ0v) is 15.4. The molecule has 24 heavy (non-hydrogen) atoms. The quantitative estimate of drug-likeness (QED) is 0.596. The van der Waals surface area contributed by atoms with Crippen LogP contribution in [0.25, 0.3) is 0 Å². The van der Waals surface area contributed by atoms with E-state index < -0.39 is 0 Å². The minimum Gasteiger partial charge on any atom is -0.357 e. The zero-order valence-electron chi connectivity index (χ0n) is 15.4. The van der Waals surface area contributed by atoms with E-state index in [1.165, 1.54) is 11.3 Å². The number of hydrogen-bond acceptors (Lipinski definition) is 3. The summed E-state index contributed by atoms with van der Waals surface area (Å²) in [5.41, 5.74) is 4.77. The molecule has 0 saturated carbocycles. The Balaban J connectivity index is 2.12. The Labute approximate surface area is 144 Å². The van der Waals surface area contributed by atoms with E-state index in [-0.39, 0.29) is 0 Å². The summed E-state index contributed by atoms with van der Waals surface area (Å²) in [6.45, 7) is 8.53. The van der Waals surface area contributed by atoms with Gasteiger partial charge in [-0.15, -0.1) is 0 Å². The summed E-state index contributed by atoms with van der Waals surface area (Å²) in [4.78, 5) is 4.75. The number of aromatic nitrogens is 4. The molecule has 7 nitrogen and oxygen atoms in total. The third-order valence-electron chi connectivity index (χ3n) is 4.13. The first-order chi connectivity index (χ1) is 11.6. The van der Waals surface area contributed by atoms with E-state index in [9.17, 15) is 0 Å². The van der Waals surface area contributed by atoms with Crippen molar-refractivity contribution in [2.75, 3.05) is 6.54 Å². The number of hydrogen-bond donors (Lipinski definition) is 2. The van der Waals surface area contributed by atoms with E-state index in [1.807, 2.05) is 29.5 Å². The maximum Gasteiger partial charge on any atom is 0.191 e. The summed E-state index contributed by atoms with van der Waals surface area (Å²) in [5.74, 6) is 0.812. The Bertz CT molecular complexity index is 681. The van der Waals surface area contributed by atoms with Crippen molar-refractivity contribution < 1.29 is 0 Å². The summed E-state index contributed by atoms with van der Waals surface area (Å²) >= 11 is 0. The molecular weight excluding hydrogens is 302 g/mol. The minimum absolute atomic E-state index is 0.640. The second-order valence-corrected chi connectivity index (χ2v) is 5.70. The van der Waals surface area contributed by atoms with E-state index in [4.69, 9.17) is 4.99 Å². The van der Waals surface area contributed by atoms with Crippen molar-refractivity contribution >= 4 is 5.96 Å². The lowest BCUT2D eigenvalue weighted by Crippen LogP contribution is -2.37. The fourth-order valence-electron chi connectivity index (χ4n) is 2.82. The first kappa shape index (κ1) is 18.0. The maximum absolute atomic E-state index is 4.75. The van der Waals surface area contributed by atoms with E-state index in [0.29, 0.717) is 13.1 Å². The second-order valence-electron chi connectivity index (χ2n) is 5.70. The molecule has 0 atom stereocenters. The topological polar surface area (TPSA) is 72.1 Å². The number of rotatable bonds is 7. The lowest BCUT2D eigenvalue weighted by Gasteiger charge is -2.12. The molecule has 0 aliphatic rings. The first-order valence-corrected chi connectivity index (χ1v) is 8.63. The number of nitrogens with one attached hydrogen (secondary N) is 2. The van der Waals surface area contributed by atoms with Gasteiger partial charge in [0.1, 0.15) is 0 Å². The molecule has 0 spiro atoms. The van der Waals surface area contributed by atoms with Gasteiger partial charge < -0.3 is 10.6 Å². The highest BCUT2D eigenvalue weighted by molar-refractivity contribution is 5.79. The summed E-state index contributed by atoms with van der Waals surface area (Å²) in [7, 11) is 3.95. The van der Waals surface area contributed by atoms with Gasteiger partial charge in [-0.2, -0.15) is 10.2 Å². The van der Waals surface area contributed by atoms with Gasteiger partial charge in [0.2, 0.25) is 0 Å². The Morgan fingerprint density at radius 3 is 2.50 bits per heavy atom. The maximum atomic E-state index is 4.75. The average Bonchev–Trinajstić information content (AvgIpc) is 3.12. The number of nitrogens with zero attached hydrogens (tertiary/aromatic N) is 5. The van der Waals surface area contributed by atoms with Crippen molar-refractivity contribution in [1.29, 1.82) is 0 Å². The number of aliphatic imine (C=N–C) groups is 1. The van der Waals surface area contributed by atoms with Crippen molar-refractivity contribution in [2.24, 2.45) is 19.1 Å². The van der Waals surface area contributed by atoms with Gasteiger partial charge >= 0.3 is 0 Å². The lowest BCUT2D eigenvalue weighted by molar-refractivity contribution is 0.684. The van der Waals surface area contributed by atoms with Crippen LogP contribution >= 0.6 is 0 Å². The molecule has 2 rings (SSSR count). The van der Waals surface area contributed by atoms with E-state index in [0.717, 1.165) is 36.7 Å². The van der Waals surface area contributed by atoms with Crippen molar-refractivity contribution in [3.63, 3.8) is 0 Å². The monoisotopic (exact) mass is 331 g/mol. The SMILES string of the molecule is CCNC(=NCc1c(CC)nn(C)c1CC)NCc1ccnn1C. The standard InChI is InChI=1S/C17H29N7/c1-6-15-14(16(7-2)24(5)22-15)12-20-17(18-8-3)19-11-13-9-10-21-23(13)4/h9-10H,6-8,11-12H2,1-5H3,(H2,18,19,20). The second kappa shape index (κ2) is 8.52. The van der Waals surface area contributed by atoms with Crippen LogP contribution in [0.1, 0.15) is 43.4 Å². The van der Waals surface area contributed by atoms with Crippen LogP contribution in [0.3, 0.4) is 0 Å². The molecule has 0 fully saturated rings. The Kier molecular flexibility index (Phi) is 6.40. The van der Waals surface area contributed by atoms with Crippen molar-refractivity contribution in [3.05, 3.63) is 34.9 Å². The van der Waals surface area contributed by atoms with E-state index >= 15 is 0 Å². The van der Waals surface area contributed by atoms with Crippen LogP contribution in [-0.2, 0) is 40.0 Å². The van der Waals surface area contributed by atoms with Gasteiger partial charge in [-0.3, -0.25) is 9.36 Å². The number of aryl methyl sites for hydroxylation is 3. The molecule has 0 amide bonds. The third-order valence-corrected chi connectivity index (χ3v) is 4.13. The molecule has 0 aliphatic heterocycles. The Morgan fingerprint density at radius 2 is 1.92 bits per heavy atom. The van der Waals surface area contributed by atoms with Crippen molar-refractivity contribution in [1.82, 2.24) is 30.2 Å². The van der Waals surface area contributed by atoms with Crippen LogP contribution < -0.4 is 10.6 Å². The van der Waals surface area contributed by atoms with E-state index in [2.05, 4.69) is 41.6 Å². The van der Waals surface area contributed by atoms with Crippen molar-refractivity contribution in [3.8, 4) is 0 Å². The summed E-state index contributed by atoms with van der Waals surface area (Å²) in [6.07, 6.45) is 3.70. The van der Waals surface area contributed by atoms with Gasteiger partial charge in [-0.1, -0.05) is 13.8 Å². The first-order valence-electron chi connectivity index (χ1n) is 8.63. The van der Waals surface area contributed by atoms with Crippen LogP contribution in [0, 0.1) is 0 Å². The zero-order chi connectivity index (χ0) is 17.5. The Morgan fingerprint density at radius 1 is 1.12 bits per heavy atom. The van der Waals surface area contributed by atoms with Gasteiger partial charge in [0.15, 0.2) is 5.96 Å². The fourth-order valence-corrected chi connectivity index (χ4v) is 2.82. The molecule has 2 N–H and O–H groups in total. The van der Waals surface area contributed by atoms with Crippen LogP contribution in [0.15, 0.2) is 17.3 Å². The summed E-state index contributed by atoms with van der Waals surface area (Å²) in [5, 5.41) is 15.5. The molecule has 2 aromatic rings. The molecule has 0 radical (unpaired) electrons. The molecule has 0 aliphatic carbocycles. The molecule has 0 saturated heterocycles. The molecule has 7 heteroatoms. The highest BCUT2D eigenvalue weighted by atomic mass is 15.3. The largest absolute Gasteiger partial charge is 0.357 e. The molecule has 132 valence electrons. The molecule has 0 unspecified atom stereocenters. The molecule has 0 aromatic carbocycles. The summed E-state index contributed by atoms with van der Waals surface area (Å²) in [6, 6.07) is 2.00. The Hall–Kier alpha value is -2.31. The van der Waals surface area contributed by atoms with Crippen LogP contribution in [-0.4, -0.2) is 32.1 Å². The highest BCUT2D eigenvalue weighted by Crippen LogP contribution is 2.16. The predicted octanol–water partition coefficient (Wildman–Crippen LogP) is 1.53. The lowest BCUT2D eigenvalue weighted by atomic mass is 10.1. The fraction of sp³-hybridized carbons (Fsp3) is 0.588. The van der Waals surface area contributed by atoms with Gasteiger partial charge in [-0.25, -0.2) is 4.99 Å². The minimum atomic E-state index is 0.640. The smallest absolute Gasteiger partial charge is 0.191 e. The third kappa shape index (κ3) is 4.15. The van der Waals surface area contributed by atoms with Gasteiger partial charge in [0.05, 0.1) is 24.5 Å². The van der Waals surface area contributed by atoms with Gasteiger partial charge in [-0.05, 0) is 25.8 Å². The molecular formula is C17H29N7. The molecule has 2 heterocycles. The van der Waals surface area contributed by atoms with Gasteiger partial charge in [0, 0.05) is 38.1 Å². The predicted molar refractivity (Wildman–Crippen MR) is 96.8 cm³/mol. The average molecular weight is 331 g/mol. The van der Waals surface area contributed by atoms with Crippen LogP contribution in [0.5, 0.6) is 0 Å². The molecule has 2 aromatic heterocycles. The number of guanidine groups is 1. The van der Waals surface area contributed by atoms with Crippen LogP contribution in [0.2, 0.25) is 0 Å².